The lowest BCUT2D eigenvalue weighted by molar-refractivity contribution is -0.384. The summed E-state index contributed by atoms with van der Waals surface area (Å²) in [4.78, 5) is 12.5. The van der Waals surface area contributed by atoms with E-state index in [1.807, 2.05) is 0 Å². The normalized spacial score (nSPS) is 26.0. The van der Waals surface area contributed by atoms with Gasteiger partial charge in [-0.3, -0.25) is 15.0 Å². The highest BCUT2D eigenvalue weighted by atomic mass is 32.2. The second-order valence-corrected chi connectivity index (χ2v) is 8.77. The largest absolute Gasteiger partial charge is 0.377 e. The molecular formula is C16H22N2O5S. The van der Waals surface area contributed by atoms with Crippen molar-refractivity contribution in [3.63, 3.8) is 0 Å². The van der Waals surface area contributed by atoms with Crippen molar-refractivity contribution in [1.29, 1.82) is 0 Å². The van der Waals surface area contributed by atoms with E-state index in [1.165, 1.54) is 12.1 Å². The number of hydrogen-bond acceptors (Lipinski definition) is 6. The first-order valence-corrected chi connectivity index (χ1v) is 10.0. The standard InChI is InChI=1S/C16H22N2O5S/c19-18(20)14-5-3-13(4-6-14)10-17(11-16-2-1-8-23-16)15-7-9-24(21,22)12-15/h3-6,15-16H,1-2,7-12H2/t15-,16-/m1/s1. The highest BCUT2D eigenvalue weighted by Gasteiger charge is 2.34. The molecule has 2 aliphatic rings. The highest BCUT2D eigenvalue weighted by molar-refractivity contribution is 7.91. The molecule has 1 aromatic carbocycles. The Morgan fingerprint density at radius 3 is 2.54 bits per heavy atom. The summed E-state index contributed by atoms with van der Waals surface area (Å²) in [7, 11) is -2.96. The summed E-state index contributed by atoms with van der Waals surface area (Å²) in [6.07, 6.45) is 2.82. The first-order chi connectivity index (χ1) is 11.4. The molecule has 0 saturated carbocycles. The Morgan fingerprint density at radius 2 is 2.00 bits per heavy atom. The minimum Gasteiger partial charge on any atom is -0.377 e. The van der Waals surface area contributed by atoms with Gasteiger partial charge in [0.05, 0.1) is 22.5 Å². The number of ether oxygens (including phenoxy) is 1. The minimum atomic E-state index is -2.96. The number of nitrogens with zero attached hydrogens (tertiary/aromatic N) is 2. The van der Waals surface area contributed by atoms with Gasteiger partial charge in [-0.05, 0) is 24.8 Å². The van der Waals surface area contributed by atoms with Crippen LogP contribution in [0, 0.1) is 10.1 Å². The molecular weight excluding hydrogens is 332 g/mol. The van der Waals surface area contributed by atoms with Gasteiger partial charge in [-0.2, -0.15) is 0 Å². The number of nitro benzene ring substituents is 1. The van der Waals surface area contributed by atoms with E-state index in [9.17, 15) is 18.5 Å². The van der Waals surface area contributed by atoms with Crippen LogP contribution in [-0.2, 0) is 21.1 Å². The third-order valence-corrected chi connectivity index (χ3v) is 6.47. The number of benzene rings is 1. The summed E-state index contributed by atoms with van der Waals surface area (Å²) in [5.74, 6) is 0.423. The van der Waals surface area contributed by atoms with Crippen LogP contribution < -0.4 is 0 Å². The van der Waals surface area contributed by atoms with Gasteiger partial charge in [0, 0.05) is 37.9 Å². The molecule has 3 rings (SSSR count). The first-order valence-electron chi connectivity index (χ1n) is 8.22. The highest BCUT2D eigenvalue weighted by Crippen LogP contribution is 2.23. The SMILES string of the molecule is O=[N+]([O-])c1ccc(CN(C[C@H]2CCCO2)[C@@H]2CCS(=O)(=O)C2)cc1. The molecule has 0 spiro atoms. The lowest BCUT2D eigenvalue weighted by Gasteiger charge is -2.30. The quantitative estimate of drug-likeness (QED) is 0.571. The van der Waals surface area contributed by atoms with Crippen molar-refractivity contribution in [2.45, 2.75) is 38.0 Å². The van der Waals surface area contributed by atoms with Gasteiger partial charge in [0.25, 0.3) is 5.69 Å². The molecule has 0 amide bonds. The van der Waals surface area contributed by atoms with E-state index in [1.54, 1.807) is 12.1 Å². The van der Waals surface area contributed by atoms with Crippen LogP contribution in [0.2, 0.25) is 0 Å². The average molecular weight is 354 g/mol. The van der Waals surface area contributed by atoms with Crippen molar-refractivity contribution in [2.75, 3.05) is 24.7 Å². The third-order valence-electron chi connectivity index (χ3n) is 4.72. The van der Waals surface area contributed by atoms with Crippen molar-refractivity contribution in [1.82, 2.24) is 4.90 Å². The zero-order valence-corrected chi connectivity index (χ0v) is 14.3. The maximum Gasteiger partial charge on any atom is 0.269 e. The molecule has 132 valence electrons. The lowest BCUT2D eigenvalue weighted by atomic mass is 10.1. The molecule has 8 heteroatoms. The van der Waals surface area contributed by atoms with Gasteiger partial charge >= 0.3 is 0 Å². The van der Waals surface area contributed by atoms with E-state index >= 15 is 0 Å². The Bertz CT molecular complexity index is 683. The van der Waals surface area contributed by atoms with Gasteiger partial charge in [0.2, 0.25) is 0 Å². The molecule has 2 atom stereocenters. The van der Waals surface area contributed by atoms with Gasteiger partial charge in [0.1, 0.15) is 0 Å². The predicted molar refractivity (Wildman–Crippen MR) is 89.5 cm³/mol. The first kappa shape index (κ1) is 17.3. The molecule has 1 aromatic rings. The third kappa shape index (κ3) is 4.31. The molecule has 2 saturated heterocycles. The van der Waals surface area contributed by atoms with Crippen molar-refractivity contribution in [2.24, 2.45) is 0 Å². The zero-order chi connectivity index (χ0) is 17.2. The Balaban J connectivity index is 1.72. The molecule has 0 aromatic heterocycles. The van der Waals surface area contributed by atoms with E-state index in [-0.39, 0.29) is 29.3 Å². The van der Waals surface area contributed by atoms with E-state index < -0.39 is 14.8 Å². The molecule has 0 unspecified atom stereocenters. The number of sulfone groups is 1. The molecule has 24 heavy (non-hydrogen) atoms. The molecule has 2 fully saturated rings. The zero-order valence-electron chi connectivity index (χ0n) is 13.5. The van der Waals surface area contributed by atoms with Crippen molar-refractivity contribution in [3.05, 3.63) is 39.9 Å². The van der Waals surface area contributed by atoms with Crippen molar-refractivity contribution in [3.8, 4) is 0 Å². The van der Waals surface area contributed by atoms with Crippen molar-refractivity contribution < 1.29 is 18.1 Å². The van der Waals surface area contributed by atoms with Crippen LogP contribution in [0.15, 0.2) is 24.3 Å². The number of hydrogen-bond donors (Lipinski definition) is 0. The monoisotopic (exact) mass is 354 g/mol. The lowest BCUT2D eigenvalue weighted by Crippen LogP contribution is -2.40. The molecule has 7 nitrogen and oxygen atoms in total. The summed E-state index contributed by atoms with van der Waals surface area (Å²) in [6, 6.07) is 6.46. The van der Waals surface area contributed by atoms with Crippen LogP contribution in [0.3, 0.4) is 0 Å². The molecule has 0 aliphatic carbocycles. The number of rotatable bonds is 6. The van der Waals surface area contributed by atoms with Crippen LogP contribution in [0.4, 0.5) is 5.69 Å². The average Bonchev–Trinajstić information content (AvgIpc) is 3.16. The van der Waals surface area contributed by atoms with E-state index in [0.29, 0.717) is 19.5 Å². The fourth-order valence-electron chi connectivity index (χ4n) is 3.41. The summed E-state index contributed by atoms with van der Waals surface area (Å²) in [6.45, 7) is 2.05. The van der Waals surface area contributed by atoms with Crippen molar-refractivity contribution >= 4 is 15.5 Å². The van der Waals surface area contributed by atoms with Crippen LogP contribution in [0.25, 0.3) is 0 Å². The molecule has 2 heterocycles. The Morgan fingerprint density at radius 1 is 1.25 bits per heavy atom. The Labute approximate surface area is 141 Å². The maximum atomic E-state index is 11.8. The smallest absolute Gasteiger partial charge is 0.269 e. The summed E-state index contributed by atoms with van der Waals surface area (Å²) in [5.41, 5.74) is 1.01. The van der Waals surface area contributed by atoms with Crippen LogP contribution >= 0.6 is 0 Å². The van der Waals surface area contributed by atoms with E-state index in [4.69, 9.17) is 4.74 Å². The predicted octanol–water partition coefficient (Wildman–Crippen LogP) is 1.76. The number of non-ortho nitro benzene ring substituents is 1. The van der Waals surface area contributed by atoms with Gasteiger partial charge < -0.3 is 4.74 Å². The summed E-state index contributed by atoms with van der Waals surface area (Å²) < 4.78 is 29.3. The van der Waals surface area contributed by atoms with Crippen LogP contribution in [-0.4, -0.2) is 55.0 Å². The second-order valence-electron chi connectivity index (χ2n) is 6.54. The summed E-state index contributed by atoms with van der Waals surface area (Å²) in [5, 5.41) is 10.8. The molecule has 0 radical (unpaired) electrons. The Kier molecular flexibility index (Phi) is 5.17. The van der Waals surface area contributed by atoms with Gasteiger partial charge in [0.15, 0.2) is 9.84 Å². The number of nitro groups is 1. The second kappa shape index (κ2) is 7.16. The van der Waals surface area contributed by atoms with Gasteiger partial charge in [-0.15, -0.1) is 0 Å². The summed E-state index contributed by atoms with van der Waals surface area (Å²) >= 11 is 0. The topological polar surface area (TPSA) is 89.8 Å². The molecule has 0 bridgehead atoms. The fourth-order valence-corrected chi connectivity index (χ4v) is 5.18. The van der Waals surface area contributed by atoms with E-state index in [2.05, 4.69) is 4.90 Å². The Hall–Kier alpha value is -1.51. The maximum absolute atomic E-state index is 11.8. The minimum absolute atomic E-state index is 0.00519. The molecule has 2 aliphatic heterocycles. The molecule has 0 N–H and O–H groups in total. The van der Waals surface area contributed by atoms with Gasteiger partial charge in [-0.25, -0.2) is 8.42 Å². The van der Waals surface area contributed by atoms with E-state index in [0.717, 1.165) is 25.0 Å². The van der Waals surface area contributed by atoms with Crippen LogP contribution in [0.1, 0.15) is 24.8 Å². The van der Waals surface area contributed by atoms with Gasteiger partial charge in [-0.1, -0.05) is 12.1 Å². The fraction of sp³-hybridized carbons (Fsp3) is 0.625. The van der Waals surface area contributed by atoms with Crippen LogP contribution in [0.5, 0.6) is 0 Å².